The van der Waals surface area contributed by atoms with Crippen LogP contribution in [0.15, 0.2) is 36.7 Å². The molecule has 12 heteroatoms. The normalized spacial score (nSPS) is 18.4. The number of aliphatic hydroxyl groups excluding tert-OH is 1. The van der Waals surface area contributed by atoms with Crippen molar-refractivity contribution in [1.82, 2.24) is 24.8 Å². The number of nitrogens with one attached hydrogen (secondary N) is 1. The van der Waals surface area contributed by atoms with Crippen LogP contribution < -0.4 is 10.2 Å². The van der Waals surface area contributed by atoms with E-state index >= 15 is 0 Å². The Morgan fingerprint density at radius 2 is 2.03 bits per heavy atom. The van der Waals surface area contributed by atoms with Gasteiger partial charge in [0.2, 0.25) is 11.2 Å². The average Bonchev–Trinajstić information content (AvgIpc) is 3.68. The molecular formula is C25H29ClN6O5. The first-order valence-corrected chi connectivity index (χ1v) is 12.8. The van der Waals surface area contributed by atoms with Gasteiger partial charge >= 0.3 is 5.97 Å². The molecule has 37 heavy (non-hydrogen) atoms. The van der Waals surface area contributed by atoms with Crippen LogP contribution in [0.2, 0.25) is 5.28 Å². The number of aliphatic hydroxyl groups is 1. The second-order valence-corrected chi connectivity index (χ2v) is 9.55. The van der Waals surface area contributed by atoms with E-state index in [1.54, 1.807) is 6.33 Å². The Morgan fingerprint density at radius 3 is 2.73 bits per heavy atom. The van der Waals surface area contributed by atoms with Gasteiger partial charge in [0.15, 0.2) is 23.0 Å². The maximum atomic E-state index is 13.0. The molecule has 3 heterocycles. The first-order valence-electron chi connectivity index (χ1n) is 12.4. The number of aromatic nitrogens is 4. The fraction of sp³-hybridized carbons (Fsp3) is 0.480. The Labute approximate surface area is 218 Å². The van der Waals surface area contributed by atoms with Gasteiger partial charge in [-0.25, -0.2) is 9.78 Å². The lowest BCUT2D eigenvalue weighted by Gasteiger charge is -2.25. The lowest BCUT2D eigenvalue weighted by atomic mass is 10.2. The molecule has 11 nitrogen and oxygen atoms in total. The van der Waals surface area contributed by atoms with E-state index in [9.17, 15) is 14.7 Å². The molecule has 5 rings (SSSR count). The lowest BCUT2D eigenvalue weighted by Crippen LogP contribution is -2.48. The molecule has 2 atom stereocenters. The van der Waals surface area contributed by atoms with Gasteiger partial charge in [-0.1, -0.05) is 30.3 Å². The van der Waals surface area contributed by atoms with E-state index in [2.05, 4.69) is 20.3 Å². The number of benzene rings is 1. The van der Waals surface area contributed by atoms with E-state index in [1.165, 1.54) is 0 Å². The molecule has 1 aliphatic heterocycles. The summed E-state index contributed by atoms with van der Waals surface area (Å²) in [6.45, 7) is 0.0374. The number of ether oxygens (including phenoxy) is 2. The van der Waals surface area contributed by atoms with Crippen LogP contribution in [0, 0.1) is 0 Å². The molecule has 3 aromatic rings. The largest absolute Gasteiger partial charge is 0.459 e. The van der Waals surface area contributed by atoms with Crippen molar-refractivity contribution >= 4 is 40.5 Å². The van der Waals surface area contributed by atoms with E-state index in [0.717, 1.165) is 37.7 Å². The number of hydrogen-bond acceptors (Lipinski definition) is 9. The fourth-order valence-corrected chi connectivity index (χ4v) is 4.56. The summed E-state index contributed by atoms with van der Waals surface area (Å²) in [5, 5.41) is 12.4. The Morgan fingerprint density at radius 1 is 1.22 bits per heavy atom. The molecule has 2 fully saturated rings. The van der Waals surface area contributed by atoms with Crippen molar-refractivity contribution < 1.29 is 24.2 Å². The molecular weight excluding hydrogens is 500 g/mol. The molecule has 0 radical (unpaired) electrons. The van der Waals surface area contributed by atoms with Gasteiger partial charge in [-0.05, 0) is 49.3 Å². The number of imidazole rings is 1. The smallest absolute Gasteiger partial charge is 0.331 e. The third-order valence-electron chi connectivity index (χ3n) is 6.44. The topological polar surface area (TPSA) is 132 Å². The van der Waals surface area contributed by atoms with Gasteiger partial charge in [0.1, 0.15) is 12.8 Å². The van der Waals surface area contributed by atoms with E-state index in [-0.39, 0.29) is 30.7 Å². The Hall–Kier alpha value is -3.28. The monoisotopic (exact) mass is 528 g/mol. The summed E-state index contributed by atoms with van der Waals surface area (Å²) >= 11 is 6.31. The fourth-order valence-electron chi connectivity index (χ4n) is 4.40. The average molecular weight is 529 g/mol. The van der Waals surface area contributed by atoms with Crippen LogP contribution in [-0.2, 0) is 25.7 Å². The minimum absolute atomic E-state index is 0.0452. The van der Waals surface area contributed by atoms with Gasteiger partial charge in [0.05, 0.1) is 19.5 Å². The number of amides is 1. The van der Waals surface area contributed by atoms with Crippen LogP contribution in [-0.4, -0.2) is 68.3 Å². The zero-order valence-corrected chi connectivity index (χ0v) is 21.0. The van der Waals surface area contributed by atoms with Gasteiger partial charge in [0.25, 0.3) is 0 Å². The summed E-state index contributed by atoms with van der Waals surface area (Å²) in [5.74, 6) is -0.716. The summed E-state index contributed by atoms with van der Waals surface area (Å²) < 4.78 is 13.0. The molecule has 1 saturated heterocycles. The first kappa shape index (κ1) is 25.4. The standard InChI is InChI=1S/C25H29ClN6O5/c26-25-29-22(21-23(30-25)32(15-27-21)20-8-4-5-11-36-20)31(17-9-10-17)12-19(34)28-18(13-33)24(35)37-14-16-6-2-1-3-7-16/h1-3,6-7,15,17-18,20,33H,4-5,8-14H2,(H,28,34)/t18-,20?/m0/s1. The molecule has 196 valence electrons. The zero-order chi connectivity index (χ0) is 25.8. The quantitative estimate of drug-likeness (QED) is 0.300. The van der Waals surface area contributed by atoms with Crippen LogP contribution >= 0.6 is 11.6 Å². The number of carbonyl (C=O) groups is 2. The molecule has 1 amide bonds. The predicted octanol–water partition coefficient (Wildman–Crippen LogP) is 2.37. The number of carbonyl (C=O) groups excluding carboxylic acids is 2. The maximum absolute atomic E-state index is 13.0. The molecule has 1 saturated carbocycles. The number of anilines is 1. The van der Waals surface area contributed by atoms with Crippen molar-refractivity contribution in [2.75, 3.05) is 24.7 Å². The van der Waals surface area contributed by atoms with Crippen molar-refractivity contribution in [3.05, 3.63) is 47.5 Å². The highest BCUT2D eigenvalue weighted by Gasteiger charge is 2.35. The van der Waals surface area contributed by atoms with Gasteiger partial charge in [0, 0.05) is 12.6 Å². The van der Waals surface area contributed by atoms with E-state index in [4.69, 9.17) is 21.1 Å². The van der Waals surface area contributed by atoms with Gasteiger partial charge in [-0.15, -0.1) is 0 Å². The molecule has 0 bridgehead atoms. The molecule has 1 unspecified atom stereocenters. The van der Waals surface area contributed by atoms with Gasteiger partial charge in [-0.3, -0.25) is 9.36 Å². The SMILES string of the molecule is O=C(CN(c1nc(Cl)nc2c1ncn2C1CCCCO1)C1CC1)N[C@@H](CO)C(=O)OCc1ccccc1. The van der Waals surface area contributed by atoms with Crippen molar-refractivity contribution in [3.63, 3.8) is 0 Å². The molecule has 1 aromatic carbocycles. The minimum atomic E-state index is -1.19. The molecule has 2 aromatic heterocycles. The maximum Gasteiger partial charge on any atom is 0.331 e. The van der Waals surface area contributed by atoms with E-state index < -0.39 is 24.5 Å². The number of esters is 1. The summed E-state index contributed by atoms with van der Waals surface area (Å²) in [4.78, 5) is 40.7. The van der Waals surface area contributed by atoms with Gasteiger partial charge < -0.3 is 24.8 Å². The van der Waals surface area contributed by atoms with Gasteiger partial charge in [-0.2, -0.15) is 9.97 Å². The Balaban J connectivity index is 1.30. The predicted molar refractivity (Wildman–Crippen MR) is 135 cm³/mol. The zero-order valence-electron chi connectivity index (χ0n) is 20.3. The number of rotatable bonds is 10. The highest BCUT2D eigenvalue weighted by molar-refractivity contribution is 6.28. The highest BCUT2D eigenvalue weighted by Crippen LogP contribution is 2.35. The van der Waals surface area contributed by atoms with Crippen molar-refractivity contribution in [2.45, 2.75) is 57.0 Å². The number of nitrogens with zero attached hydrogens (tertiary/aromatic N) is 5. The first-order chi connectivity index (χ1) is 18.0. The van der Waals surface area contributed by atoms with Crippen molar-refractivity contribution in [1.29, 1.82) is 0 Å². The second kappa shape index (κ2) is 11.4. The number of hydrogen-bond donors (Lipinski definition) is 2. The van der Waals surface area contributed by atoms with Crippen LogP contribution in [0.25, 0.3) is 11.2 Å². The third kappa shape index (κ3) is 6.00. The summed E-state index contributed by atoms with van der Waals surface area (Å²) in [5.41, 5.74) is 1.88. The van der Waals surface area contributed by atoms with Crippen LogP contribution in [0.3, 0.4) is 0 Å². The summed E-state index contributed by atoms with van der Waals surface area (Å²) in [6.07, 6.45) is 6.16. The lowest BCUT2D eigenvalue weighted by molar-refractivity contribution is -0.150. The van der Waals surface area contributed by atoms with Crippen LogP contribution in [0.5, 0.6) is 0 Å². The molecule has 0 spiro atoms. The van der Waals surface area contributed by atoms with E-state index in [0.29, 0.717) is 23.6 Å². The summed E-state index contributed by atoms with van der Waals surface area (Å²) in [6, 6.07) is 8.07. The Bertz CT molecular complexity index is 1250. The number of fused-ring (bicyclic) bond motifs is 1. The van der Waals surface area contributed by atoms with Crippen LogP contribution in [0.1, 0.15) is 43.9 Å². The number of halogens is 1. The third-order valence-corrected chi connectivity index (χ3v) is 6.61. The molecule has 2 N–H and O–H groups in total. The van der Waals surface area contributed by atoms with Crippen LogP contribution in [0.4, 0.5) is 5.82 Å². The molecule has 1 aliphatic carbocycles. The molecule has 2 aliphatic rings. The highest BCUT2D eigenvalue weighted by atomic mass is 35.5. The second-order valence-electron chi connectivity index (χ2n) is 9.22. The Kier molecular flexibility index (Phi) is 7.82. The minimum Gasteiger partial charge on any atom is -0.459 e. The van der Waals surface area contributed by atoms with E-state index in [1.807, 2.05) is 39.8 Å². The van der Waals surface area contributed by atoms with Crippen molar-refractivity contribution in [3.8, 4) is 0 Å². The summed E-state index contributed by atoms with van der Waals surface area (Å²) in [7, 11) is 0. The van der Waals surface area contributed by atoms with Crippen molar-refractivity contribution in [2.24, 2.45) is 0 Å².